The third kappa shape index (κ3) is 2.19. The van der Waals surface area contributed by atoms with Gasteiger partial charge in [-0.05, 0) is 26.9 Å². The number of likely N-dealkylation sites (N-methyl/N-ethyl adjacent to an activating group) is 1. The molecule has 0 radical (unpaired) electrons. The molecule has 3 nitrogen and oxygen atoms in total. The van der Waals surface area contributed by atoms with Gasteiger partial charge >= 0.3 is 0 Å². The minimum Gasteiger partial charge on any atom is -0.377 e. The molecule has 0 atom stereocenters. The Morgan fingerprint density at radius 3 is 2.42 bits per heavy atom. The fourth-order valence-corrected chi connectivity index (χ4v) is 1.80. The number of rotatable bonds is 3. The molecule has 1 saturated heterocycles. The zero-order valence-corrected chi connectivity index (χ0v) is 8.39. The molecule has 1 heterocycles. The van der Waals surface area contributed by atoms with Gasteiger partial charge in [0.1, 0.15) is 0 Å². The first-order chi connectivity index (χ1) is 5.72. The number of methoxy groups -OCH3 is 1. The molecule has 0 spiro atoms. The van der Waals surface area contributed by atoms with E-state index in [1.54, 1.807) is 0 Å². The predicted octanol–water partition coefficient (Wildman–Crippen LogP) is 0.317. The van der Waals surface area contributed by atoms with Crippen molar-refractivity contribution in [3.8, 4) is 0 Å². The molecule has 3 heteroatoms. The lowest BCUT2D eigenvalue weighted by molar-refractivity contribution is -0.0502. The lowest BCUT2D eigenvalue weighted by atomic mass is 9.91. The van der Waals surface area contributed by atoms with Crippen LogP contribution in [0.1, 0.15) is 12.8 Å². The monoisotopic (exact) mass is 172 g/mol. The van der Waals surface area contributed by atoms with Crippen LogP contribution >= 0.6 is 0 Å². The highest BCUT2D eigenvalue weighted by atomic mass is 16.5. The first-order valence-corrected chi connectivity index (χ1v) is 4.61. The van der Waals surface area contributed by atoms with E-state index in [9.17, 15) is 0 Å². The van der Waals surface area contributed by atoms with Gasteiger partial charge in [-0.15, -0.1) is 0 Å². The highest BCUT2D eigenvalue weighted by Crippen LogP contribution is 2.23. The SMILES string of the molecule is CNCC1(OC)CCN(C)CC1. The molecule has 1 aliphatic rings. The topological polar surface area (TPSA) is 24.5 Å². The lowest BCUT2D eigenvalue weighted by Crippen LogP contribution is -2.49. The molecule has 1 fully saturated rings. The van der Waals surface area contributed by atoms with Crippen LogP contribution < -0.4 is 5.32 Å². The molecule has 1 aliphatic heterocycles. The molecule has 0 aromatic heterocycles. The third-order valence-corrected chi connectivity index (χ3v) is 2.83. The van der Waals surface area contributed by atoms with Crippen LogP contribution in [0, 0.1) is 0 Å². The van der Waals surface area contributed by atoms with E-state index in [-0.39, 0.29) is 5.60 Å². The molecule has 0 aromatic rings. The van der Waals surface area contributed by atoms with E-state index in [1.165, 1.54) is 0 Å². The second-order valence-corrected chi connectivity index (χ2v) is 3.72. The Morgan fingerprint density at radius 1 is 1.42 bits per heavy atom. The highest BCUT2D eigenvalue weighted by molar-refractivity contribution is 4.88. The number of hydrogen-bond acceptors (Lipinski definition) is 3. The predicted molar refractivity (Wildman–Crippen MR) is 50.4 cm³/mol. The normalized spacial score (nSPS) is 24.2. The summed E-state index contributed by atoms with van der Waals surface area (Å²) in [7, 11) is 5.97. The standard InChI is InChI=1S/C9H20N2O/c1-10-8-9(12-3)4-6-11(2)7-5-9/h10H,4-8H2,1-3H3. The fourth-order valence-electron chi connectivity index (χ4n) is 1.80. The number of ether oxygens (including phenoxy) is 1. The van der Waals surface area contributed by atoms with Gasteiger partial charge < -0.3 is 15.0 Å². The second kappa shape index (κ2) is 4.21. The van der Waals surface area contributed by atoms with Crippen LogP contribution in [0.15, 0.2) is 0 Å². The van der Waals surface area contributed by atoms with Crippen LogP contribution in [0.2, 0.25) is 0 Å². The Balaban J connectivity index is 2.45. The minimum absolute atomic E-state index is 0.0985. The molecular formula is C9H20N2O. The zero-order chi connectivity index (χ0) is 9.03. The van der Waals surface area contributed by atoms with Crippen molar-refractivity contribution in [3.63, 3.8) is 0 Å². The Bertz CT molecular complexity index is 130. The second-order valence-electron chi connectivity index (χ2n) is 3.72. The fraction of sp³-hybridized carbons (Fsp3) is 1.00. The minimum atomic E-state index is 0.0985. The summed E-state index contributed by atoms with van der Waals surface area (Å²) in [5.41, 5.74) is 0.0985. The van der Waals surface area contributed by atoms with Crippen LogP contribution in [0.25, 0.3) is 0 Å². The molecule has 0 bridgehead atoms. The molecular weight excluding hydrogens is 152 g/mol. The maximum Gasteiger partial charge on any atom is 0.0826 e. The average Bonchev–Trinajstić information content (AvgIpc) is 2.10. The number of hydrogen-bond donors (Lipinski definition) is 1. The molecule has 0 saturated carbocycles. The molecule has 0 aliphatic carbocycles. The smallest absolute Gasteiger partial charge is 0.0826 e. The van der Waals surface area contributed by atoms with Gasteiger partial charge in [-0.3, -0.25) is 0 Å². The van der Waals surface area contributed by atoms with Crippen molar-refractivity contribution >= 4 is 0 Å². The van der Waals surface area contributed by atoms with E-state index >= 15 is 0 Å². The van der Waals surface area contributed by atoms with Gasteiger partial charge in [0, 0.05) is 26.7 Å². The van der Waals surface area contributed by atoms with E-state index in [1.807, 2.05) is 14.2 Å². The van der Waals surface area contributed by atoms with E-state index in [4.69, 9.17) is 4.74 Å². The first-order valence-electron chi connectivity index (χ1n) is 4.61. The number of nitrogens with one attached hydrogen (secondary N) is 1. The average molecular weight is 172 g/mol. The van der Waals surface area contributed by atoms with Gasteiger partial charge in [-0.25, -0.2) is 0 Å². The Labute approximate surface area is 75.1 Å². The molecule has 72 valence electrons. The summed E-state index contributed by atoms with van der Waals surface area (Å²) in [6.45, 7) is 3.27. The summed E-state index contributed by atoms with van der Waals surface area (Å²) in [5.74, 6) is 0. The summed E-state index contributed by atoms with van der Waals surface area (Å²) in [5, 5.41) is 3.20. The van der Waals surface area contributed by atoms with Crippen molar-refractivity contribution in [1.29, 1.82) is 0 Å². The van der Waals surface area contributed by atoms with Gasteiger partial charge in [0.25, 0.3) is 0 Å². The van der Waals surface area contributed by atoms with E-state index in [0.717, 1.165) is 32.5 Å². The van der Waals surface area contributed by atoms with E-state index < -0.39 is 0 Å². The molecule has 12 heavy (non-hydrogen) atoms. The van der Waals surface area contributed by atoms with Crippen LogP contribution in [-0.2, 0) is 4.74 Å². The Morgan fingerprint density at radius 2 is 2.00 bits per heavy atom. The van der Waals surface area contributed by atoms with Crippen LogP contribution in [-0.4, -0.2) is 51.3 Å². The quantitative estimate of drug-likeness (QED) is 0.663. The van der Waals surface area contributed by atoms with Crippen LogP contribution in [0.3, 0.4) is 0 Å². The molecule has 0 amide bonds. The largest absolute Gasteiger partial charge is 0.377 e. The first kappa shape index (κ1) is 9.96. The maximum atomic E-state index is 5.58. The molecule has 0 unspecified atom stereocenters. The highest BCUT2D eigenvalue weighted by Gasteiger charge is 2.32. The Kier molecular flexibility index (Phi) is 3.50. The van der Waals surface area contributed by atoms with Gasteiger partial charge in [0.05, 0.1) is 5.60 Å². The van der Waals surface area contributed by atoms with Gasteiger partial charge in [0.15, 0.2) is 0 Å². The van der Waals surface area contributed by atoms with Crippen LogP contribution in [0.5, 0.6) is 0 Å². The summed E-state index contributed by atoms with van der Waals surface area (Å²) in [4.78, 5) is 2.35. The Hall–Kier alpha value is -0.120. The number of nitrogens with zero attached hydrogens (tertiary/aromatic N) is 1. The van der Waals surface area contributed by atoms with Gasteiger partial charge in [-0.2, -0.15) is 0 Å². The summed E-state index contributed by atoms with van der Waals surface area (Å²) < 4.78 is 5.58. The molecule has 0 aromatic carbocycles. The molecule has 1 N–H and O–H groups in total. The lowest BCUT2D eigenvalue weighted by Gasteiger charge is -2.39. The third-order valence-electron chi connectivity index (χ3n) is 2.83. The summed E-state index contributed by atoms with van der Waals surface area (Å²) in [6.07, 6.45) is 2.28. The van der Waals surface area contributed by atoms with Crippen molar-refractivity contribution in [2.75, 3.05) is 40.8 Å². The van der Waals surface area contributed by atoms with E-state index in [0.29, 0.717) is 0 Å². The number of piperidine rings is 1. The van der Waals surface area contributed by atoms with Crippen molar-refractivity contribution in [1.82, 2.24) is 10.2 Å². The van der Waals surface area contributed by atoms with Crippen LogP contribution in [0.4, 0.5) is 0 Å². The van der Waals surface area contributed by atoms with Gasteiger partial charge in [-0.1, -0.05) is 0 Å². The number of likely N-dealkylation sites (tertiary alicyclic amines) is 1. The van der Waals surface area contributed by atoms with E-state index in [2.05, 4.69) is 17.3 Å². The maximum absolute atomic E-state index is 5.58. The van der Waals surface area contributed by atoms with Gasteiger partial charge in [0.2, 0.25) is 0 Å². The van der Waals surface area contributed by atoms with Crippen molar-refractivity contribution < 1.29 is 4.74 Å². The zero-order valence-electron chi connectivity index (χ0n) is 8.39. The summed E-state index contributed by atoms with van der Waals surface area (Å²) >= 11 is 0. The molecule has 1 rings (SSSR count). The van der Waals surface area contributed by atoms with Crippen molar-refractivity contribution in [2.45, 2.75) is 18.4 Å². The summed E-state index contributed by atoms with van der Waals surface area (Å²) in [6, 6.07) is 0. The van der Waals surface area contributed by atoms with Crippen molar-refractivity contribution in [3.05, 3.63) is 0 Å². The van der Waals surface area contributed by atoms with Crippen molar-refractivity contribution in [2.24, 2.45) is 0 Å².